The summed E-state index contributed by atoms with van der Waals surface area (Å²) in [6, 6.07) is 11.8. The average molecular weight is 310 g/mol. The van der Waals surface area contributed by atoms with E-state index in [-0.39, 0.29) is 17.6 Å². The molecule has 0 amide bonds. The molecular weight excluding hydrogens is 297 g/mol. The van der Waals surface area contributed by atoms with Gasteiger partial charge in [0, 0.05) is 11.3 Å². The van der Waals surface area contributed by atoms with E-state index in [9.17, 15) is 9.50 Å². The summed E-state index contributed by atoms with van der Waals surface area (Å²) in [4.78, 5) is 0. The van der Waals surface area contributed by atoms with Crippen LogP contribution in [0.2, 0.25) is 0 Å². The topological polar surface area (TPSA) is 32.3 Å². The van der Waals surface area contributed by atoms with Gasteiger partial charge in [0.1, 0.15) is 11.6 Å². The molecule has 0 fully saturated rings. The van der Waals surface area contributed by atoms with Crippen LogP contribution in [0.5, 0.6) is 5.75 Å². The van der Waals surface area contributed by atoms with Gasteiger partial charge in [0.15, 0.2) is 0 Å². The Kier molecular flexibility index (Phi) is 3.87. The molecule has 0 aliphatic carbocycles. The number of aromatic hydroxyl groups is 1. The van der Waals surface area contributed by atoms with Crippen LogP contribution >= 0.6 is 15.9 Å². The van der Waals surface area contributed by atoms with Crippen LogP contribution in [0.15, 0.2) is 46.9 Å². The third-order valence-electron chi connectivity index (χ3n) is 2.71. The summed E-state index contributed by atoms with van der Waals surface area (Å²) in [6.45, 7) is 1.91. The number of hydrogen-bond acceptors (Lipinski definition) is 2. The molecule has 0 heterocycles. The molecule has 0 saturated heterocycles. The Morgan fingerprint density at radius 3 is 2.61 bits per heavy atom. The van der Waals surface area contributed by atoms with E-state index in [1.54, 1.807) is 24.3 Å². The molecule has 2 N–H and O–H groups in total. The predicted molar refractivity (Wildman–Crippen MR) is 74.2 cm³/mol. The van der Waals surface area contributed by atoms with Crippen molar-refractivity contribution in [1.82, 2.24) is 0 Å². The molecule has 0 radical (unpaired) electrons. The second kappa shape index (κ2) is 5.40. The van der Waals surface area contributed by atoms with Crippen molar-refractivity contribution in [2.75, 3.05) is 5.32 Å². The van der Waals surface area contributed by atoms with Gasteiger partial charge >= 0.3 is 0 Å². The van der Waals surface area contributed by atoms with Crippen LogP contribution in [0, 0.1) is 5.82 Å². The first-order valence-electron chi connectivity index (χ1n) is 5.57. The van der Waals surface area contributed by atoms with E-state index in [4.69, 9.17) is 0 Å². The van der Waals surface area contributed by atoms with Gasteiger partial charge in [0.05, 0.1) is 10.5 Å². The molecule has 2 aromatic rings. The monoisotopic (exact) mass is 309 g/mol. The van der Waals surface area contributed by atoms with Gasteiger partial charge in [-0.25, -0.2) is 4.39 Å². The molecule has 1 unspecified atom stereocenters. The lowest BCUT2D eigenvalue weighted by atomic mass is 10.1. The maximum absolute atomic E-state index is 13.4. The van der Waals surface area contributed by atoms with Crippen molar-refractivity contribution in [2.24, 2.45) is 0 Å². The lowest BCUT2D eigenvalue weighted by molar-refractivity contribution is 0.465. The lowest BCUT2D eigenvalue weighted by Crippen LogP contribution is -2.06. The number of benzene rings is 2. The van der Waals surface area contributed by atoms with Gasteiger partial charge in [-0.15, -0.1) is 0 Å². The molecule has 2 rings (SSSR count). The first-order chi connectivity index (χ1) is 8.58. The molecular formula is C14H13BrFNO. The second-order valence-corrected chi connectivity index (χ2v) is 4.91. The highest BCUT2D eigenvalue weighted by Crippen LogP contribution is 2.27. The molecule has 0 saturated carbocycles. The van der Waals surface area contributed by atoms with Crippen molar-refractivity contribution in [3.8, 4) is 5.75 Å². The third kappa shape index (κ3) is 2.82. The fraction of sp³-hybridized carbons (Fsp3) is 0.143. The maximum atomic E-state index is 13.4. The molecule has 0 bridgehead atoms. The Morgan fingerprint density at radius 2 is 1.94 bits per heavy atom. The van der Waals surface area contributed by atoms with Crippen molar-refractivity contribution >= 4 is 21.6 Å². The number of para-hydroxylation sites is 1. The average Bonchev–Trinajstić information content (AvgIpc) is 2.34. The number of halogens is 2. The zero-order valence-corrected chi connectivity index (χ0v) is 11.4. The summed E-state index contributed by atoms with van der Waals surface area (Å²) >= 11 is 3.11. The molecule has 0 spiro atoms. The molecule has 0 aliphatic heterocycles. The van der Waals surface area contributed by atoms with Crippen LogP contribution in [0.4, 0.5) is 10.1 Å². The number of hydrogen-bond donors (Lipinski definition) is 2. The maximum Gasteiger partial charge on any atom is 0.139 e. The second-order valence-electron chi connectivity index (χ2n) is 4.05. The highest BCUT2D eigenvalue weighted by Gasteiger charge is 2.10. The standard InChI is InChI=1S/C14H13BrFNO/c1-9(11-4-2-3-5-14(11)18)17-10-6-7-12(15)13(16)8-10/h2-9,17-18H,1H3. The fourth-order valence-corrected chi connectivity index (χ4v) is 2.01. The van der Waals surface area contributed by atoms with Gasteiger partial charge in [-0.3, -0.25) is 0 Å². The SMILES string of the molecule is CC(Nc1ccc(Br)c(F)c1)c1ccccc1O. The van der Waals surface area contributed by atoms with E-state index < -0.39 is 0 Å². The first kappa shape index (κ1) is 12.9. The Morgan fingerprint density at radius 1 is 1.22 bits per heavy atom. The first-order valence-corrected chi connectivity index (χ1v) is 6.36. The minimum Gasteiger partial charge on any atom is -0.508 e. The van der Waals surface area contributed by atoms with Crippen LogP contribution in [-0.2, 0) is 0 Å². The van der Waals surface area contributed by atoms with Crippen LogP contribution in [-0.4, -0.2) is 5.11 Å². The number of phenolic OH excluding ortho intramolecular Hbond substituents is 1. The molecule has 2 aromatic carbocycles. The highest BCUT2D eigenvalue weighted by atomic mass is 79.9. The van der Waals surface area contributed by atoms with Crippen LogP contribution in [0.25, 0.3) is 0 Å². The predicted octanol–water partition coefficient (Wildman–Crippen LogP) is 4.47. The number of rotatable bonds is 3. The van der Waals surface area contributed by atoms with E-state index in [0.29, 0.717) is 10.2 Å². The van der Waals surface area contributed by atoms with E-state index in [2.05, 4.69) is 21.2 Å². The largest absolute Gasteiger partial charge is 0.508 e. The minimum atomic E-state index is -0.315. The number of nitrogens with one attached hydrogen (secondary N) is 1. The normalized spacial score (nSPS) is 12.2. The molecule has 1 atom stereocenters. The van der Waals surface area contributed by atoms with Gasteiger partial charge < -0.3 is 10.4 Å². The van der Waals surface area contributed by atoms with E-state index >= 15 is 0 Å². The molecule has 94 valence electrons. The Labute approximate surface area is 114 Å². The number of anilines is 1. The quantitative estimate of drug-likeness (QED) is 0.877. The van der Waals surface area contributed by atoms with Gasteiger partial charge in [-0.2, -0.15) is 0 Å². The van der Waals surface area contributed by atoms with Crippen molar-refractivity contribution < 1.29 is 9.50 Å². The summed E-state index contributed by atoms with van der Waals surface area (Å²) in [5.41, 5.74) is 1.45. The van der Waals surface area contributed by atoms with Crippen molar-refractivity contribution in [2.45, 2.75) is 13.0 Å². The third-order valence-corrected chi connectivity index (χ3v) is 3.35. The lowest BCUT2D eigenvalue weighted by Gasteiger charge is -2.17. The molecule has 0 aliphatic rings. The van der Waals surface area contributed by atoms with Gasteiger partial charge in [0.2, 0.25) is 0 Å². The van der Waals surface area contributed by atoms with Crippen LogP contribution in [0.3, 0.4) is 0 Å². The Hall–Kier alpha value is -1.55. The number of phenols is 1. The zero-order chi connectivity index (χ0) is 13.1. The van der Waals surface area contributed by atoms with Gasteiger partial charge in [0.25, 0.3) is 0 Å². The summed E-state index contributed by atoms with van der Waals surface area (Å²) < 4.78 is 13.8. The summed E-state index contributed by atoms with van der Waals surface area (Å²) in [6.07, 6.45) is 0. The van der Waals surface area contributed by atoms with Crippen molar-refractivity contribution in [3.63, 3.8) is 0 Å². The summed E-state index contributed by atoms with van der Waals surface area (Å²) in [7, 11) is 0. The van der Waals surface area contributed by atoms with Gasteiger partial charge in [-0.1, -0.05) is 18.2 Å². The Bertz CT molecular complexity index is 559. The molecule has 0 aromatic heterocycles. The minimum absolute atomic E-state index is 0.105. The smallest absolute Gasteiger partial charge is 0.139 e. The molecule has 4 heteroatoms. The Balaban J connectivity index is 2.19. The molecule has 18 heavy (non-hydrogen) atoms. The van der Waals surface area contributed by atoms with Gasteiger partial charge in [-0.05, 0) is 47.1 Å². The van der Waals surface area contributed by atoms with Crippen LogP contribution < -0.4 is 5.32 Å². The summed E-state index contributed by atoms with van der Waals surface area (Å²) in [5.74, 6) is -0.0837. The van der Waals surface area contributed by atoms with Crippen molar-refractivity contribution in [3.05, 3.63) is 58.3 Å². The highest BCUT2D eigenvalue weighted by molar-refractivity contribution is 9.10. The molecule has 2 nitrogen and oxygen atoms in total. The van der Waals surface area contributed by atoms with E-state index in [1.165, 1.54) is 6.07 Å². The van der Waals surface area contributed by atoms with E-state index in [0.717, 1.165) is 5.56 Å². The van der Waals surface area contributed by atoms with Crippen LogP contribution in [0.1, 0.15) is 18.5 Å². The zero-order valence-electron chi connectivity index (χ0n) is 9.82. The van der Waals surface area contributed by atoms with Crippen molar-refractivity contribution in [1.29, 1.82) is 0 Å². The summed E-state index contributed by atoms with van der Waals surface area (Å²) in [5, 5.41) is 12.9. The fourth-order valence-electron chi connectivity index (χ4n) is 1.77. The van der Waals surface area contributed by atoms with E-state index in [1.807, 2.05) is 19.1 Å².